The van der Waals surface area contributed by atoms with Gasteiger partial charge in [-0.15, -0.1) is 24.9 Å². The first-order valence-corrected chi connectivity index (χ1v) is 18.1. The van der Waals surface area contributed by atoms with Crippen molar-refractivity contribution in [2.75, 3.05) is 29.5 Å². The number of hydrogen-bond donors (Lipinski definition) is 1. The molecule has 4 aromatic rings. The summed E-state index contributed by atoms with van der Waals surface area (Å²) in [7, 11) is 0. The van der Waals surface area contributed by atoms with E-state index in [0.717, 1.165) is 22.0 Å². The van der Waals surface area contributed by atoms with Gasteiger partial charge in [-0.1, -0.05) is 91.0 Å². The van der Waals surface area contributed by atoms with Crippen LogP contribution in [0, 0.1) is 11.8 Å². The molecule has 0 saturated carbocycles. The van der Waals surface area contributed by atoms with Crippen LogP contribution < -0.4 is 9.80 Å². The highest BCUT2D eigenvalue weighted by molar-refractivity contribution is 8.02. The summed E-state index contributed by atoms with van der Waals surface area (Å²) in [5, 5.41) is 13.0. The zero-order valence-electron chi connectivity index (χ0n) is 28.4. The van der Waals surface area contributed by atoms with Gasteiger partial charge in [0.15, 0.2) is 0 Å². The van der Waals surface area contributed by atoms with E-state index in [0.29, 0.717) is 31.5 Å². The number of likely N-dealkylation sites (tertiary alicyclic amines) is 1. The standard InChI is InChI=1S/C42H43N3O4S/c1-4-24-43(32-18-10-7-11-19-32)38(47)35-36-39(48)45(34(28-46)26-29-14-8-6-9-15-29)37(42(36)23-22-41(35,3)50-42)40(49)44(25-5-2)33-21-20-30-16-12-13-17-31(30)27-33/h4-21,27,34-37,46H,1-2,22-26,28H2,3H3/t34-,35-,36+,37?,41+,42?/m1/s1. The number of hydrogen-bond acceptors (Lipinski definition) is 5. The fourth-order valence-corrected chi connectivity index (χ4v) is 11.1. The molecule has 1 spiro atoms. The number of amides is 3. The Hall–Kier alpha value is -4.66. The quantitative estimate of drug-likeness (QED) is 0.169. The normalized spacial score (nSPS) is 25.7. The Morgan fingerprint density at radius 1 is 0.860 bits per heavy atom. The lowest BCUT2D eigenvalue weighted by atomic mass is 9.66. The lowest BCUT2D eigenvalue weighted by Crippen LogP contribution is -2.58. The van der Waals surface area contributed by atoms with E-state index in [1.54, 1.807) is 38.6 Å². The summed E-state index contributed by atoms with van der Waals surface area (Å²) in [5.74, 6) is -2.01. The summed E-state index contributed by atoms with van der Waals surface area (Å²) in [6.07, 6.45) is 5.08. The summed E-state index contributed by atoms with van der Waals surface area (Å²) in [4.78, 5) is 50.5. The highest BCUT2D eigenvalue weighted by Crippen LogP contribution is 2.72. The fraction of sp³-hybridized carbons (Fsp3) is 0.310. The van der Waals surface area contributed by atoms with Crippen LogP contribution in [0.15, 0.2) is 128 Å². The number of thioether (sulfide) groups is 1. The van der Waals surface area contributed by atoms with Crippen molar-refractivity contribution in [3.63, 3.8) is 0 Å². The number of carbonyl (C=O) groups is 3. The minimum atomic E-state index is -0.901. The van der Waals surface area contributed by atoms with Crippen molar-refractivity contribution in [2.24, 2.45) is 11.8 Å². The molecular formula is C42H43N3O4S. The first-order chi connectivity index (χ1) is 24.3. The van der Waals surface area contributed by atoms with Crippen molar-refractivity contribution in [3.05, 3.63) is 134 Å². The molecule has 3 heterocycles. The molecule has 3 fully saturated rings. The molecule has 256 valence electrons. The van der Waals surface area contributed by atoms with E-state index >= 15 is 9.59 Å². The SMILES string of the molecule is C=CCN(C(=O)C1N([C@@H](CO)Cc2ccccc2)C(=O)[C@@H]2[C@H](C(=O)N(CC=C)c3ccccc3)[C@]3(C)CCC12S3)c1ccc2ccccc2c1. The van der Waals surface area contributed by atoms with E-state index in [1.807, 2.05) is 103 Å². The van der Waals surface area contributed by atoms with Crippen molar-refractivity contribution in [1.82, 2.24) is 4.90 Å². The molecule has 7 rings (SSSR count). The van der Waals surface area contributed by atoms with Gasteiger partial charge in [0.05, 0.1) is 29.2 Å². The van der Waals surface area contributed by atoms with E-state index < -0.39 is 33.4 Å². The minimum Gasteiger partial charge on any atom is -0.394 e. The van der Waals surface area contributed by atoms with Gasteiger partial charge in [0.2, 0.25) is 11.8 Å². The maximum absolute atomic E-state index is 15.3. The number of aliphatic hydroxyl groups is 1. The Bertz CT molecular complexity index is 1940. The van der Waals surface area contributed by atoms with Crippen molar-refractivity contribution < 1.29 is 19.5 Å². The molecule has 3 aliphatic heterocycles. The lowest BCUT2D eigenvalue weighted by molar-refractivity contribution is -0.142. The molecule has 3 aliphatic rings. The molecule has 50 heavy (non-hydrogen) atoms. The summed E-state index contributed by atoms with van der Waals surface area (Å²) < 4.78 is -1.42. The number of aliphatic hydroxyl groups excluding tert-OH is 1. The highest BCUT2D eigenvalue weighted by Gasteiger charge is 2.78. The molecule has 3 amide bonds. The van der Waals surface area contributed by atoms with Crippen LogP contribution in [0.4, 0.5) is 11.4 Å². The smallest absolute Gasteiger partial charge is 0.251 e. The van der Waals surface area contributed by atoms with Gasteiger partial charge in [-0.3, -0.25) is 14.4 Å². The van der Waals surface area contributed by atoms with Gasteiger partial charge < -0.3 is 19.8 Å². The Morgan fingerprint density at radius 2 is 1.48 bits per heavy atom. The zero-order valence-corrected chi connectivity index (χ0v) is 29.2. The predicted molar refractivity (Wildman–Crippen MR) is 202 cm³/mol. The average Bonchev–Trinajstić information content (AvgIpc) is 3.72. The van der Waals surface area contributed by atoms with Gasteiger partial charge in [-0.25, -0.2) is 0 Å². The zero-order chi connectivity index (χ0) is 35.0. The molecule has 3 saturated heterocycles. The second-order valence-corrected chi connectivity index (χ2v) is 15.7. The maximum Gasteiger partial charge on any atom is 0.251 e. The fourth-order valence-electron chi connectivity index (χ4n) is 8.72. The average molecular weight is 686 g/mol. The van der Waals surface area contributed by atoms with Gasteiger partial charge >= 0.3 is 0 Å². The van der Waals surface area contributed by atoms with E-state index in [4.69, 9.17) is 0 Å². The predicted octanol–water partition coefficient (Wildman–Crippen LogP) is 6.66. The van der Waals surface area contributed by atoms with E-state index in [-0.39, 0.29) is 30.9 Å². The molecule has 4 aromatic carbocycles. The van der Waals surface area contributed by atoms with Gasteiger partial charge in [-0.2, -0.15) is 0 Å². The molecule has 1 N–H and O–H groups in total. The molecule has 7 nitrogen and oxygen atoms in total. The molecule has 2 bridgehead atoms. The number of rotatable bonds is 12. The van der Waals surface area contributed by atoms with Gasteiger partial charge in [0, 0.05) is 29.2 Å². The second-order valence-electron chi connectivity index (χ2n) is 13.8. The van der Waals surface area contributed by atoms with E-state index in [2.05, 4.69) is 20.1 Å². The summed E-state index contributed by atoms with van der Waals surface area (Å²) >= 11 is 1.64. The molecule has 0 aliphatic carbocycles. The van der Waals surface area contributed by atoms with Crippen molar-refractivity contribution in [1.29, 1.82) is 0 Å². The van der Waals surface area contributed by atoms with Gasteiger partial charge in [-0.05, 0) is 66.8 Å². The number of para-hydroxylation sites is 1. The van der Waals surface area contributed by atoms with Crippen molar-refractivity contribution in [2.45, 2.75) is 47.8 Å². The number of carbonyl (C=O) groups excluding carboxylic acids is 3. The second kappa shape index (κ2) is 13.6. The topological polar surface area (TPSA) is 81.2 Å². The first-order valence-electron chi connectivity index (χ1n) is 17.3. The number of anilines is 2. The van der Waals surface area contributed by atoms with E-state index in [1.165, 1.54) is 0 Å². The monoisotopic (exact) mass is 685 g/mol. The first kappa shape index (κ1) is 33.8. The van der Waals surface area contributed by atoms with E-state index in [9.17, 15) is 9.90 Å². The summed E-state index contributed by atoms with van der Waals surface area (Å²) in [6, 6.07) is 31.6. The van der Waals surface area contributed by atoms with Gasteiger partial charge in [0.25, 0.3) is 5.91 Å². The lowest BCUT2D eigenvalue weighted by Gasteiger charge is -2.39. The van der Waals surface area contributed by atoms with Crippen LogP contribution >= 0.6 is 11.8 Å². The third kappa shape index (κ3) is 5.55. The van der Waals surface area contributed by atoms with Crippen molar-refractivity contribution in [3.8, 4) is 0 Å². The molecule has 0 aromatic heterocycles. The number of nitrogens with zero attached hydrogens (tertiary/aromatic N) is 3. The molecule has 6 atom stereocenters. The Labute approximate surface area is 298 Å². The van der Waals surface area contributed by atoms with Crippen LogP contribution in [-0.2, 0) is 20.8 Å². The third-order valence-electron chi connectivity index (χ3n) is 10.9. The summed E-state index contributed by atoms with van der Waals surface area (Å²) in [5.41, 5.74) is 2.40. The van der Waals surface area contributed by atoms with Crippen LogP contribution in [-0.4, -0.2) is 69.0 Å². The number of fused-ring (bicyclic) bond motifs is 2. The maximum atomic E-state index is 15.3. The Kier molecular flexibility index (Phi) is 9.18. The minimum absolute atomic E-state index is 0.139. The van der Waals surface area contributed by atoms with Crippen molar-refractivity contribution >= 4 is 51.6 Å². The summed E-state index contributed by atoms with van der Waals surface area (Å²) in [6.45, 7) is 10.2. The van der Waals surface area contributed by atoms with Crippen LogP contribution in [0.2, 0.25) is 0 Å². The highest BCUT2D eigenvalue weighted by atomic mass is 32.2. The van der Waals surface area contributed by atoms with Crippen LogP contribution in [0.1, 0.15) is 25.3 Å². The largest absolute Gasteiger partial charge is 0.394 e. The number of benzene rings is 4. The van der Waals surface area contributed by atoms with Crippen LogP contribution in [0.25, 0.3) is 10.8 Å². The third-order valence-corrected chi connectivity index (χ3v) is 12.9. The molecule has 8 heteroatoms. The molecule has 2 unspecified atom stereocenters. The van der Waals surface area contributed by atoms with Crippen LogP contribution in [0.3, 0.4) is 0 Å². The Morgan fingerprint density at radius 3 is 2.14 bits per heavy atom. The Balaban J connectivity index is 1.35. The van der Waals surface area contributed by atoms with Crippen LogP contribution in [0.5, 0.6) is 0 Å². The van der Waals surface area contributed by atoms with Gasteiger partial charge in [0.1, 0.15) is 6.04 Å². The molecular weight excluding hydrogens is 643 g/mol. The molecule has 0 radical (unpaired) electrons.